The minimum atomic E-state index is -4.39. The van der Waals surface area contributed by atoms with Crippen molar-refractivity contribution in [3.8, 4) is 0 Å². The highest BCUT2D eigenvalue weighted by Gasteiger charge is 2.30. The molecule has 0 aliphatic heterocycles. The molecule has 0 radical (unpaired) electrons. The van der Waals surface area contributed by atoms with Gasteiger partial charge in [-0.15, -0.1) is 0 Å². The first-order valence-electron chi connectivity index (χ1n) is 8.88. The maximum Gasteiger partial charge on any atom is 0.406 e. The van der Waals surface area contributed by atoms with Crippen LogP contribution in [0.25, 0.3) is 21.9 Å². The number of hydrogen-bond donors (Lipinski definition) is 0. The minimum Gasteiger partial charge on any atom is -0.327 e. The summed E-state index contributed by atoms with van der Waals surface area (Å²) >= 11 is 6.12. The topological polar surface area (TPSA) is 46.8 Å². The lowest BCUT2D eigenvalue weighted by Crippen LogP contribution is -2.18. The summed E-state index contributed by atoms with van der Waals surface area (Å²) in [5.41, 5.74) is 2.93. The Bertz CT molecular complexity index is 1160. The van der Waals surface area contributed by atoms with Crippen LogP contribution in [-0.4, -0.2) is 37.6 Å². The Morgan fingerprint density at radius 2 is 1.90 bits per heavy atom. The monoisotopic (exact) mass is 419 g/mol. The van der Waals surface area contributed by atoms with E-state index < -0.39 is 12.7 Å². The molecule has 0 amide bonds. The van der Waals surface area contributed by atoms with Crippen LogP contribution in [0.5, 0.6) is 0 Å². The smallest absolute Gasteiger partial charge is 0.327 e. The fraction of sp³-hybridized carbons (Fsp3) is 0.250. The molecule has 0 aliphatic rings. The normalized spacial score (nSPS) is 12.3. The molecule has 1 aromatic carbocycles. The number of halogens is 4. The van der Waals surface area contributed by atoms with Crippen molar-refractivity contribution in [2.75, 3.05) is 7.05 Å². The maximum atomic E-state index is 13.1. The number of fused-ring (bicyclic) bond motifs is 3. The lowest BCUT2D eigenvalue weighted by atomic mass is 10.1. The molecular weight excluding hydrogens is 403 g/mol. The summed E-state index contributed by atoms with van der Waals surface area (Å²) in [5, 5.41) is 0.626. The zero-order valence-electron chi connectivity index (χ0n) is 15.5. The highest BCUT2D eigenvalue weighted by molar-refractivity contribution is 6.34. The fourth-order valence-corrected chi connectivity index (χ4v) is 3.74. The van der Waals surface area contributed by atoms with Gasteiger partial charge in [0.15, 0.2) is 5.15 Å². The molecule has 5 nitrogen and oxygen atoms in total. The van der Waals surface area contributed by atoms with Crippen molar-refractivity contribution in [2.45, 2.75) is 25.8 Å². The number of hydrogen-bond acceptors (Lipinski definition) is 4. The zero-order valence-corrected chi connectivity index (χ0v) is 16.2. The van der Waals surface area contributed by atoms with Gasteiger partial charge in [-0.05, 0) is 36.9 Å². The Balaban J connectivity index is 1.72. The van der Waals surface area contributed by atoms with E-state index in [1.807, 2.05) is 37.4 Å². The first-order valence-corrected chi connectivity index (χ1v) is 9.26. The Morgan fingerprint density at radius 1 is 1.07 bits per heavy atom. The maximum absolute atomic E-state index is 13.1. The fourth-order valence-electron chi connectivity index (χ4n) is 3.50. The lowest BCUT2D eigenvalue weighted by Gasteiger charge is -2.16. The number of aromatic nitrogens is 4. The Labute approximate surface area is 169 Å². The van der Waals surface area contributed by atoms with E-state index in [2.05, 4.69) is 19.9 Å². The summed E-state index contributed by atoms with van der Waals surface area (Å²) < 4.78 is 40.6. The second kappa shape index (κ2) is 7.61. The van der Waals surface area contributed by atoms with Crippen molar-refractivity contribution in [1.29, 1.82) is 0 Å². The first kappa shape index (κ1) is 19.6. The predicted molar refractivity (Wildman–Crippen MR) is 106 cm³/mol. The van der Waals surface area contributed by atoms with E-state index in [-0.39, 0.29) is 10.7 Å². The standard InChI is InChI=1S/C20H17ClF3N5/c1-28(10-14-4-2-3-7-25-14)9-13-5-6-16-15(8-13)17-18(19(21)27-12-26-17)29(16)11-20(22,23)24/h2-8,12H,9-11H2,1H3. The van der Waals surface area contributed by atoms with E-state index >= 15 is 0 Å². The van der Waals surface area contributed by atoms with Crippen molar-refractivity contribution in [3.63, 3.8) is 0 Å². The molecule has 3 heterocycles. The van der Waals surface area contributed by atoms with E-state index in [4.69, 9.17) is 11.6 Å². The molecule has 0 N–H and O–H groups in total. The molecule has 0 bridgehead atoms. The molecule has 0 fully saturated rings. The van der Waals surface area contributed by atoms with E-state index in [1.54, 1.807) is 12.3 Å². The second-order valence-electron chi connectivity index (χ2n) is 6.91. The Morgan fingerprint density at radius 3 is 2.62 bits per heavy atom. The quantitative estimate of drug-likeness (QED) is 0.435. The summed E-state index contributed by atoms with van der Waals surface area (Å²) in [4.78, 5) is 14.5. The van der Waals surface area contributed by atoms with Crippen molar-refractivity contribution < 1.29 is 13.2 Å². The van der Waals surface area contributed by atoms with E-state index in [9.17, 15) is 13.2 Å². The lowest BCUT2D eigenvalue weighted by molar-refractivity contribution is -0.139. The number of alkyl halides is 3. The third kappa shape index (κ3) is 4.18. The van der Waals surface area contributed by atoms with Crippen molar-refractivity contribution in [2.24, 2.45) is 0 Å². The first-order chi connectivity index (χ1) is 13.8. The minimum absolute atomic E-state index is 0.00395. The number of rotatable bonds is 5. The van der Waals surface area contributed by atoms with Crippen LogP contribution in [0.15, 0.2) is 48.9 Å². The van der Waals surface area contributed by atoms with Gasteiger partial charge in [0, 0.05) is 24.7 Å². The summed E-state index contributed by atoms with van der Waals surface area (Å²) in [5.74, 6) is 0. The third-order valence-corrected chi connectivity index (χ3v) is 4.88. The summed E-state index contributed by atoms with van der Waals surface area (Å²) in [6, 6.07) is 11.1. The van der Waals surface area contributed by atoms with Gasteiger partial charge in [-0.1, -0.05) is 23.7 Å². The molecule has 0 unspecified atom stereocenters. The van der Waals surface area contributed by atoms with E-state index in [0.717, 1.165) is 15.8 Å². The number of pyridine rings is 1. The van der Waals surface area contributed by atoms with Crippen molar-refractivity contribution in [1.82, 2.24) is 24.4 Å². The van der Waals surface area contributed by atoms with Crippen LogP contribution in [0.3, 0.4) is 0 Å². The second-order valence-corrected chi connectivity index (χ2v) is 7.27. The molecule has 4 aromatic rings. The zero-order chi connectivity index (χ0) is 20.6. The van der Waals surface area contributed by atoms with Gasteiger partial charge in [-0.3, -0.25) is 9.88 Å². The Hall–Kier alpha value is -2.71. The molecule has 0 saturated carbocycles. The molecule has 29 heavy (non-hydrogen) atoms. The number of benzene rings is 1. The molecule has 150 valence electrons. The van der Waals surface area contributed by atoms with Crippen LogP contribution in [0, 0.1) is 0 Å². The molecule has 0 aliphatic carbocycles. The van der Waals surface area contributed by atoms with Crippen molar-refractivity contribution in [3.05, 3.63) is 65.3 Å². The molecule has 0 saturated heterocycles. The van der Waals surface area contributed by atoms with Crippen LogP contribution in [0.1, 0.15) is 11.3 Å². The van der Waals surface area contributed by atoms with E-state index in [0.29, 0.717) is 29.5 Å². The average Bonchev–Trinajstić information content (AvgIpc) is 2.95. The SMILES string of the molecule is CN(Cc1ccc2c(c1)c1ncnc(Cl)c1n2CC(F)(F)F)Cc1ccccn1. The molecule has 9 heteroatoms. The third-order valence-electron chi connectivity index (χ3n) is 4.60. The van der Waals surface area contributed by atoms with Crippen LogP contribution in [0.4, 0.5) is 13.2 Å². The van der Waals surface area contributed by atoms with Crippen LogP contribution in [-0.2, 0) is 19.6 Å². The van der Waals surface area contributed by atoms with E-state index in [1.165, 1.54) is 6.33 Å². The van der Waals surface area contributed by atoms with Crippen LogP contribution in [0.2, 0.25) is 5.15 Å². The number of nitrogens with zero attached hydrogens (tertiary/aromatic N) is 5. The average molecular weight is 420 g/mol. The summed E-state index contributed by atoms with van der Waals surface area (Å²) in [6.07, 6.45) is -1.38. The molecular formula is C20H17ClF3N5. The summed E-state index contributed by atoms with van der Waals surface area (Å²) in [6.45, 7) is 0.110. The molecule has 0 atom stereocenters. The summed E-state index contributed by atoms with van der Waals surface area (Å²) in [7, 11) is 1.96. The van der Waals surface area contributed by atoms with Gasteiger partial charge in [0.1, 0.15) is 23.9 Å². The highest BCUT2D eigenvalue weighted by Crippen LogP contribution is 2.34. The van der Waals surface area contributed by atoms with Gasteiger partial charge in [-0.25, -0.2) is 9.97 Å². The predicted octanol–water partition coefficient (Wildman–Crippen LogP) is 4.83. The molecule has 0 spiro atoms. The van der Waals surface area contributed by atoms with Gasteiger partial charge in [0.25, 0.3) is 0 Å². The molecule has 4 rings (SSSR count). The van der Waals surface area contributed by atoms with Crippen molar-refractivity contribution >= 4 is 33.5 Å². The van der Waals surface area contributed by atoms with Crippen LogP contribution < -0.4 is 0 Å². The highest BCUT2D eigenvalue weighted by atomic mass is 35.5. The van der Waals surface area contributed by atoms with Crippen LogP contribution >= 0.6 is 11.6 Å². The molecule has 3 aromatic heterocycles. The Kier molecular flexibility index (Phi) is 5.14. The largest absolute Gasteiger partial charge is 0.406 e. The van der Waals surface area contributed by atoms with Gasteiger partial charge in [0.05, 0.1) is 11.2 Å². The van der Waals surface area contributed by atoms with Gasteiger partial charge < -0.3 is 4.57 Å². The van der Waals surface area contributed by atoms with Gasteiger partial charge in [-0.2, -0.15) is 13.2 Å². The van der Waals surface area contributed by atoms with Gasteiger partial charge >= 0.3 is 6.18 Å². The van der Waals surface area contributed by atoms with Gasteiger partial charge in [0.2, 0.25) is 0 Å².